The zero-order valence-corrected chi connectivity index (χ0v) is 6.67. The Balaban J connectivity index is 2.69. The minimum absolute atomic E-state index is 0.236. The van der Waals surface area contributed by atoms with Gasteiger partial charge in [-0.2, -0.15) is 0 Å². The maximum atomic E-state index is 9.99. The summed E-state index contributed by atoms with van der Waals surface area (Å²) in [5, 5.41) is 9.20. The van der Waals surface area contributed by atoms with Crippen LogP contribution in [0.1, 0.15) is 0 Å². The Bertz CT molecular complexity index is 248. The summed E-state index contributed by atoms with van der Waals surface area (Å²) in [7, 11) is 0. The predicted molar refractivity (Wildman–Crippen MR) is 44.9 cm³/mol. The van der Waals surface area contributed by atoms with Gasteiger partial charge in [0.05, 0.1) is 5.75 Å². The molecule has 2 nitrogen and oxygen atoms in total. The van der Waals surface area contributed by atoms with Gasteiger partial charge in [-0.3, -0.25) is 0 Å². The summed E-state index contributed by atoms with van der Waals surface area (Å²) < 4.78 is 0. The van der Waals surface area contributed by atoms with Gasteiger partial charge < -0.3 is 9.90 Å². The van der Waals surface area contributed by atoms with Crippen LogP contribution in [0.2, 0.25) is 0 Å². The molecule has 11 heavy (non-hydrogen) atoms. The van der Waals surface area contributed by atoms with E-state index >= 15 is 0 Å². The van der Waals surface area contributed by atoms with Gasteiger partial charge in [0.25, 0.3) is 0 Å². The summed E-state index contributed by atoms with van der Waals surface area (Å²) in [6.45, 7) is 0. The molecule has 0 fully saturated rings. The zero-order valence-electron chi connectivity index (χ0n) is 5.86. The van der Waals surface area contributed by atoms with E-state index in [9.17, 15) is 9.90 Å². The first kappa shape index (κ1) is 8.14. The molecule has 1 rings (SSSR count). The van der Waals surface area contributed by atoms with Crippen LogP contribution in [0.4, 0.5) is 0 Å². The van der Waals surface area contributed by atoms with E-state index in [2.05, 4.69) is 0 Å². The number of thioether (sulfide) groups is 1. The Morgan fingerprint density at radius 3 is 2.82 bits per heavy atom. The van der Waals surface area contributed by atoms with Crippen LogP contribution in [0.25, 0.3) is 0 Å². The van der Waals surface area contributed by atoms with Crippen molar-refractivity contribution in [3.05, 3.63) is 24.3 Å². The number of para-hydroxylation sites is 1. The van der Waals surface area contributed by atoms with Crippen molar-refractivity contribution in [2.24, 2.45) is 0 Å². The molecule has 0 heterocycles. The molecule has 0 saturated carbocycles. The molecule has 0 atom stereocenters. The largest absolute Gasteiger partial charge is 0.507 e. The molecule has 3 heteroatoms. The maximum Gasteiger partial charge on any atom is 0.130 e. The van der Waals surface area contributed by atoms with Gasteiger partial charge >= 0.3 is 0 Å². The second-order valence-corrected chi connectivity index (χ2v) is 3.01. The van der Waals surface area contributed by atoms with Gasteiger partial charge in [-0.15, -0.1) is 11.8 Å². The van der Waals surface area contributed by atoms with Gasteiger partial charge in [0, 0.05) is 4.90 Å². The van der Waals surface area contributed by atoms with Crippen molar-refractivity contribution >= 4 is 18.0 Å². The van der Waals surface area contributed by atoms with Crippen LogP contribution in [0.15, 0.2) is 29.2 Å². The number of aromatic hydroxyl groups is 1. The standard InChI is InChI=1S/C8H8O2S/c9-5-6-11-8-4-2-1-3-7(8)10/h1-5,10H,6H2. The maximum absolute atomic E-state index is 9.99. The molecule has 1 aromatic carbocycles. The number of benzene rings is 1. The number of phenolic OH excluding ortho intramolecular Hbond substituents is 1. The molecule has 1 N–H and O–H groups in total. The predicted octanol–water partition coefficient (Wildman–Crippen LogP) is 1.68. The Morgan fingerprint density at radius 1 is 1.45 bits per heavy atom. The Morgan fingerprint density at radius 2 is 2.18 bits per heavy atom. The highest BCUT2D eigenvalue weighted by Gasteiger charge is 1.97. The fraction of sp³-hybridized carbons (Fsp3) is 0.125. The molecule has 1 aromatic rings. The van der Waals surface area contributed by atoms with Crippen molar-refractivity contribution < 1.29 is 9.90 Å². The van der Waals surface area contributed by atoms with Crippen LogP contribution in [0, 0.1) is 0 Å². The number of carbonyl (C=O) groups is 1. The van der Waals surface area contributed by atoms with Gasteiger partial charge in [0.1, 0.15) is 12.0 Å². The molecule has 0 aliphatic rings. The number of hydrogen-bond acceptors (Lipinski definition) is 3. The first-order chi connectivity index (χ1) is 5.34. The number of rotatable bonds is 3. The highest BCUT2D eigenvalue weighted by atomic mass is 32.2. The normalized spacial score (nSPS) is 9.45. The van der Waals surface area contributed by atoms with Gasteiger partial charge in [0.15, 0.2) is 0 Å². The third-order valence-electron chi connectivity index (χ3n) is 1.17. The van der Waals surface area contributed by atoms with E-state index < -0.39 is 0 Å². The van der Waals surface area contributed by atoms with Crippen molar-refractivity contribution in [3.8, 4) is 5.75 Å². The molecule has 0 radical (unpaired) electrons. The quantitative estimate of drug-likeness (QED) is 0.551. The van der Waals surface area contributed by atoms with E-state index in [-0.39, 0.29) is 5.75 Å². The second-order valence-electron chi connectivity index (χ2n) is 1.95. The molecular formula is C8H8O2S. The lowest BCUT2D eigenvalue weighted by molar-refractivity contribution is -0.105. The highest BCUT2D eigenvalue weighted by molar-refractivity contribution is 8.00. The van der Waals surface area contributed by atoms with Crippen molar-refractivity contribution in [2.75, 3.05) is 5.75 Å². The Labute approximate surface area is 69.2 Å². The lowest BCUT2D eigenvalue weighted by Gasteiger charge is -1.98. The Kier molecular flexibility index (Phi) is 2.98. The minimum atomic E-state index is 0.236. The van der Waals surface area contributed by atoms with Crippen molar-refractivity contribution in [2.45, 2.75) is 4.90 Å². The zero-order chi connectivity index (χ0) is 8.10. The molecule has 0 aromatic heterocycles. The first-order valence-corrected chi connectivity index (χ1v) is 4.17. The number of aldehydes is 1. The van der Waals surface area contributed by atoms with Crippen LogP contribution in [0.3, 0.4) is 0 Å². The van der Waals surface area contributed by atoms with E-state index in [1.54, 1.807) is 18.2 Å². The summed E-state index contributed by atoms with van der Waals surface area (Å²) in [5.74, 6) is 0.622. The minimum Gasteiger partial charge on any atom is -0.507 e. The monoisotopic (exact) mass is 168 g/mol. The molecular weight excluding hydrogens is 160 g/mol. The van der Waals surface area contributed by atoms with Gasteiger partial charge in [-0.25, -0.2) is 0 Å². The van der Waals surface area contributed by atoms with Gasteiger partial charge in [-0.05, 0) is 12.1 Å². The molecule has 0 saturated heterocycles. The van der Waals surface area contributed by atoms with Crippen LogP contribution >= 0.6 is 11.8 Å². The molecule has 0 aliphatic heterocycles. The van der Waals surface area contributed by atoms with Gasteiger partial charge in [-0.1, -0.05) is 12.1 Å². The summed E-state index contributed by atoms with van der Waals surface area (Å²) in [4.78, 5) is 10.7. The van der Waals surface area contributed by atoms with E-state index in [0.717, 1.165) is 11.2 Å². The first-order valence-electron chi connectivity index (χ1n) is 3.19. The highest BCUT2D eigenvalue weighted by Crippen LogP contribution is 2.26. The van der Waals surface area contributed by atoms with Crippen molar-refractivity contribution in [1.82, 2.24) is 0 Å². The average Bonchev–Trinajstić information content (AvgIpc) is 2.03. The molecule has 0 spiro atoms. The molecule has 0 unspecified atom stereocenters. The fourth-order valence-electron chi connectivity index (χ4n) is 0.703. The summed E-state index contributed by atoms with van der Waals surface area (Å²) in [5.41, 5.74) is 0. The Hall–Kier alpha value is -0.960. The van der Waals surface area contributed by atoms with Crippen LogP contribution < -0.4 is 0 Å². The SMILES string of the molecule is O=CCSc1ccccc1O. The van der Waals surface area contributed by atoms with E-state index in [0.29, 0.717) is 5.75 Å². The fourth-order valence-corrected chi connectivity index (χ4v) is 1.34. The molecule has 0 bridgehead atoms. The average molecular weight is 168 g/mol. The number of carbonyl (C=O) groups excluding carboxylic acids is 1. The molecule has 58 valence electrons. The lowest BCUT2D eigenvalue weighted by atomic mass is 10.3. The number of phenols is 1. The van der Waals surface area contributed by atoms with Crippen LogP contribution in [-0.2, 0) is 4.79 Å². The van der Waals surface area contributed by atoms with Crippen molar-refractivity contribution in [3.63, 3.8) is 0 Å². The third-order valence-corrected chi connectivity index (χ3v) is 2.13. The van der Waals surface area contributed by atoms with Crippen LogP contribution in [0.5, 0.6) is 5.75 Å². The summed E-state index contributed by atoms with van der Waals surface area (Å²) in [6.07, 6.45) is 0.817. The van der Waals surface area contributed by atoms with E-state index in [1.165, 1.54) is 11.8 Å². The van der Waals surface area contributed by atoms with Gasteiger partial charge in [0.2, 0.25) is 0 Å². The third kappa shape index (κ3) is 2.27. The molecule has 0 amide bonds. The van der Waals surface area contributed by atoms with Crippen molar-refractivity contribution in [1.29, 1.82) is 0 Å². The second kappa shape index (κ2) is 4.03. The topological polar surface area (TPSA) is 37.3 Å². The van der Waals surface area contributed by atoms with E-state index in [1.807, 2.05) is 6.07 Å². The molecule has 0 aliphatic carbocycles. The number of hydrogen-bond donors (Lipinski definition) is 1. The van der Waals surface area contributed by atoms with E-state index in [4.69, 9.17) is 0 Å². The summed E-state index contributed by atoms with van der Waals surface area (Å²) >= 11 is 1.33. The smallest absolute Gasteiger partial charge is 0.130 e. The van der Waals surface area contributed by atoms with Crippen LogP contribution in [-0.4, -0.2) is 17.1 Å². The lowest BCUT2D eigenvalue weighted by Crippen LogP contribution is -1.78. The summed E-state index contributed by atoms with van der Waals surface area (Å²) in [6, 6.07) is 6.96.